The Balaban J connectivity index is 2.67. The van der Waals surface area contributed by atoms with Crippen molar-refractivity contribution in [3.63, 3.8) is 0 Å². The molecule has 0 aliphatic heterocycles. The quantitative estimate of drug-likeness (QED) is 0.682. The van der Waals surface area contributed by atoms with E-state index in [0.29, 0.717) is 13.2 Å². The highest BCUT2D eigenvalue weighted by molar-refractivity contribution is 7.81. The van der Waals surface area contributed by atoms with Gasteiger partial charge in [-0.05, 0) is 37.0 Å². The van der Waals surface area contributed by atoms with Crippen LogP contribution in [0.5, 0.6) is 0 Å². The standard InChI is InChI=1S/C15H28N2O3S/c1-5-20-13(19)17-11-6-14(2,3)9-15(4,7-11)10-16-12(18)8-21/h11,21H,5-10H2,1-4H3,(H,16,18)(H,17,19). The van der Waals surface area contributed by atoms with Gasteiger partial charge in [0.25, 0.3) is 0 Å². The summed E-state index contributed by atoms with van der Waals surface area (Å²) in [6.07, 6.45) is 2.40. The van der Waals surface area contributed by atoms with Gasteiger partial charge in [-0.25, -0.2) is 4.79 Å². The van der Waals surface area contributed by atoms with E-state index in [1.54, 1.807) is 6.92 Å². The van der Waals surface area contributed by atoms with Gasteiger partial charge >= 0.3 is 6.09 Å². The largest absolute Gasteiger partial charge is 0.450 e. The van der Waals surface area contributed by atoms with Crippen LogP contribution in [0.3, 0.4) is 0 Å². The summed E-state index contributed by atoms with van der Waals surface area (Å²) in [5.41, 5.74) is 0.0768. The average molecular weight is 316 g/mol. The molecule has 2 unspecified atom stereocenters. The van der Waals surface area contributed by atoms with Crippen molar-refractivity contribution >= 4 is 24.6 Å². The van der Waals surface area contributed by atoms with Crippen LogP contribution in [-0.4, -0.2) is 36.9 Å². The number of rotatable bonds is 5. The molecule has 2 N–H and O–H groups in total. The van der Waals surface area contributed by atoms with E-state index < -0.39 is 0 Å². The highest BCUT2D eigenvalue weighted by Gasteiger charge is 2.41. The van der Waals surface area contributed by atoms with Gasteiger partial charge < -0.3 is 15.4 Å². The molecule has 5 nitrogen and oxygen atoms in total. The molecule has 0 aromatic carbocycles. The molecule has 1 aliphatic carbocycles. The van der Waals surface area contributed by atoms with Crippen LogP contribution in [-0.2, 0) is 9.53 Å². The first-order chi connectivity index (χ1) is 9.69. The molecule has 1 rings (SSSR count). The molecular formula is C15H28N2O3S. The minimum atomic E-state index is -0.359. The Morgan fingerprint density at radius 1 is 1.29 bits per heavy atom. The maximum Gasteiger partial charge on any atom is 0.407 e. The highest BCUT2D eigenvalue weighted by Crippen LogP contribution is 2.45. The number of carbonyl (C=O) groups is 2. The van der Waals surface area contributed by atoms with Gasteiger partial charge in [-0.3, -0.25) is 4.79 Å². The van der Waals surface area contributed by atoms with Gasteiger partial charge in [-0.2, -0.15) is 12.6 Å². The zero-order chi connectivity index (χ0) is 16.1. The summed E-state index contributed by atoms with van der Waals surface area (Å²) < 4.78 is 4.97. The first-order valence-corrected chi connectivity index (χ1v) is 8.14. The molecule has 0 saturated heterocycles. The lowest BCUT2D eigenvalue weighted by Gasteiger charge is -2.46. The van der Waals surface area contributed by atoms with E-state index >= 15 is 0 Å². The van der Waals surface area contributed by atoms with E-state index in [4.69, 9.17) is 4.74 Å². The maximum absolute atomic E-state index is 11.6. The zero-order valence-electron chi connectivity index (χ0n) is 13.5. The third kappa shape index (κ3) is 6.16. The summed E-state index contributed by atoms with van der Waals surface area (Å²) in [7, 11) is 0. The van der Waals surface area contributed by atoms with Gasteiger partial charge in [0.2, 0.25) is 5.91 Å². The van der Waals surface area contributed by atoms with Crippen molar-refractivity contribution in [1.29, 1.82) is 0 Å². The third-order valence-corrected chi connectivity index (χ3v) is 4.18. The predicted octanol–water partition coefficient (Wildman–Crippen LogP) is 2.36. The van der Waals surface area contributed by atoms with E-state index in [-0.39, 0.29) is 34.6 Å². The fourth-order valence-electron chi connectivity index (χ4n) is 3.58. The van der Waals surface area contributed by atoms with Gasteiger partial charge in [-0.15, -0.1) is 0 Å². The minimum absolute atomic E-state index is 0.0372. The van der Waals surface area contributed by atoms with E-state index in [1.165, 1.54) is 0 Å². The Labute approximate surface area is 133 Å². The monoisotopic (exact) mass is 316 g/mol. The summed E-state index contributed by atoms with van der Waals surface area (Å²) in [5.74, 6) is 0.141. The lowest BCUT2D eigenvalue weighted by molar-refractivity contribution is -0.119. The number of ether oxygens (including phenoxy) is 1. The normalized spacial score (nSPS) is 27.8. The molecule has 0 bridgehead atoms. The van der Waals surface area contributed by atoms with Gasteiger partial charge in [0.05, 0.1) is 12.4 Å². The topological polar surface area (TPSA) is 67.4 Å². The zero-order valence-corrected chi connectivity index (χ0v) is 14.4. The van der Waals surface area contributed by atoms with Crippen molar-refractivity contribution in [1.82, 2.24) is 10.6 Å². The van der Waals surface area contributed by atoms with Crippen LogP contribution >= 0.6 is 12.6 Å². The molecule has 2 amide bonds. The number of nitrogens with one attached hydrogen (secondary N) is 2. The van der Waals surface area contributed by atoms with Gasteiger partial charge in [0, 0.05) is 12.6 Å². The van der Waals surface area contributed by atoms with Crippen LogP contribution in [0.1, 0.15) is 47.0 Å². The van der Waals surface area contributed by atoms with E-state index in [2.05, 4.69) is 44.0 Å². The second-order valence-electron chi connectivity index (χ2n) is 7.06. The molecule has 0 spiro atoms. The van der Waals surface area contributed by atoms with Crippen molar-refractivity contribution in [2.75, 3.05) is 18.9 Å². The van der Waals surface area contributed by atoms with E-state index in [9.17, 15) is 9.59 Å². The fourth-order valence-corrected chi connectivity index (χ4v) is 3.69. The maximum atomic E-state index is 11.6. The number of hydrogen-bond donors (Lipinski definition) is 3. The summed E-state index contributed by atoms with van der Waals surface area (Å²) in [6, 6.07) is 0.0747. The van der Waals surface area contributed by atoms with Crippen LogP contribution in [0.4, 0.5) is 4.79 Å². The summed E-state index contributed by atoms with van der Waals surface area (Å²) in [5, 5.41) is 5.86. The van der Waals surface area contributed by atoms with Crippen molar-refractivity contribution < 1.29 is 14.3 Å². The second-order valence-corrected chi connectivity index (χ2v) is 7.37. The summed E-state index contributed by atoms with van der Waals surface area (Å²) in [6.45, 7) is 9.33. The van der Waals surface area contributed by atoms with E-state index in [0.717, 1.165) is 19.3 Å². The molecule has 1 aliphatic rings. The minimum Gasteiger partial charge on any atom is -0.450 e. The molecule has 21 heavy (non-hydrogen) atoms. The van der Waals surface area contributed by atoms with Crippen LogP contribution in [0.2, 0.25) is 0 Å². The van der Waals surface area contributed by atoms with E-state index in [1.807, 2.05) is 0 Å². The number of carbonyl (C=O) groups excluding carboxylic acids is 2. The number of thiol groups is 1. The molecule has 6 heteroatoms. The lowest BCUT2D eigenvalue weighted by Crippen LogP contribution is -2.50. The summed E-state index contributed by atoms with van der Waals surface area (Å²) in [4.78, 5) is 23.1. The average Bonchev–Trinajstić information content (AvgIpc) is 2.33. The molecule has 0 radical (unpaired) electrons. The fraction of sp³-hybridized carbons (Fsp3) is 0.867. The SMILES string of the molecule is CCOC(=O)NC1CC(C)(C)CC(C)(CNC(=O)CS)C1. The Morgan fingerprint density at radius 3 is 2.52 bits per heavy atom. The van der Waals surface area contributed by atoms with Crippen LogP contribution in [0.25, 0.3) is 0 Å². The first-order valence-electron chi connectivity index (χ1n) is 7.50. The molecule has 1 fully saturated rings. The second kappa shape index (κ2) is 7.38. The molecule has 122 valence electrons. The smallest absolute Gasteiger partial charge is 0.407 e. The highest BCUT2D eigenvalue weighted by atomic mass is 32.1. The summed E-state index contributed by atoms with van der Waals surface area (Å²) >= 11 is 3.98. The Bertz CT molecular complexity index is 387. The van der Waals surface area contributed by atoms with Crippen LogP contribution < -0.4 is 10.6 Å². The molecule has 0 aromatic rings. The number of alkyl carbamates (subject to hydrolysis) is 1. The molecular weight excluding hydrogens is 288 g/mol. The number of hydrogen-bond acceptors (Lipinski definition) is 4. The Hall–Kier alpha value is -0.910. The first kappa shape index (κ1) is 18.1. The third-order valence-electron chi connectivity index (χ3n) is 3.90. The molecule has 1 saturated carbocycles. The van der Waals surface area contributed by atoms with Gasteiger partial charge in [0.1, 0.15) is 0 Å². The van der Waals surface area contributed by atoms with Crippen LogP contribution in [0, 0.1) is 10.8 Å². The van der Waals surface area contributed by atoms with Gasteiger partial charge in [0.15, 0.2) is 0 Å². The van der Waals surface area contributed by atoms with Crippen molar-refractivity contribution in [3.05, 3.63) is 0 Å². The Kier molecular flexibility index (Phi) is 6.38. The lowest BCUT2D eigenvalue weighted by atomic mass is 9.62. The van der Waals surface area contributed by atoms with Crippen molar-refractivity contribution in [3.8, 4) is 0 Å². The van der Waals surface area contributed by atoms with Crippen molar-refractivity contribution in [2.45, 2.75) is 53.0 Å². The molecule has 2 atom stereocenters. The Morgan fingerprint density at radius 2 is 1.95 bits per heavy atom. The van der Waals surface area contributed by atoms with Crippen molar-refractivity contribution in [2.24, 2.45) is 10.8 Å². The molecule has 0 heterocycles. The van der Waals surface area contributed by atoms with Crippen LogP contribution in [0.15, 0.2) is 0 Å². The number of amides is 2. The van der Waals surface area contributed by atoms with Gasteiger partial charge in [-0.1, -0.05) is 20.8 Å². The molecule has 0 aromatic heterocycles. The predicted molar refractivity (Wildman–Crippen MR) is 86.5 cm³/mol.